The quantitative estimate of drug-likeness (QED) is 0.808. The molecule has 0 unspecified atom stereocenters. The smallest absolute Gasteiger partial charge is 0.160 e. The first kappa shape index (κ1) is 13.4. The summed E-state index contributed by atoms with van der Waals surface area (Å²) in [7, 11) is 0. The Morgan fingerprint density at radius 1 is 1.20 bits per heavy atom. The molecule has 0 saturated carbocycles. The highest BCUT2D eigenvalue weighted by molar-refractivity contribution is 6.35. The number of fused-ring (bicyclic) bond motifs is 1. The van der Waals surface area contributed by atoms with Crippen molar-refractivity contribution in [2.45, 2.75) is 13.2 Å². The normalized spacial score (nSPS) is 11.2. The zero-order valence-corrected chi connectivity index (χ0v) is 11.9. The average molecular weight is 308 g/mol. The molecule has 0 radical (unpaired) electrons. The van der Waals surface area contributed by atoms with Crippen LogP contribution >= 0.6 is 23.2 Å². The lowest BCUT2D eigenvalue weighted by Gasteiger charge is -2.09. The van der Waals surface area contributed by atoms with Gasteiger partial charge in [-0.15, -0.1) is 0 Å². The minimum atomic E-state index is -0.151. The number of rotatable bonds is 3. The predicted molar refractivity (Wildman–Crippen MR) is 79.0 cm³/mol. The third kappa shape index (κ3) is 2.38. The second-order valence-corrected chi connectivity index (χ2v) is 5.20. The van der Waals surface area contributed by atoms with E-state index in [1.54, 1.807) is 18.3 Å². The molecule has 3 rings (SSSR count). The van der Waals surface area contributed by atoms with E-state index in [0.717, 1.165) is 16.7 Å². The van der Waals surface area contributed by atoms with Gasteiger partial charge in [-0.05, 0) is 29.8 Å². The topological polar surface area (TPSA) is 50.9 Å². The number of pyridine rings is 1. The Kier molecular flexibility index (Phi) is 3.61. The summed E-state index contributed by atoms with van der Waals surface area (Å²) in [6.07, 6.45) is 1.70. The molecule has 102 valence electrons. The summed E-state index contributed by atoms with van der Waals surface area (Å²) in [6.45, 7) is 0.334. The summed E-state index contributed by atoms with van der Waals surface area (Å²) < 4.78 is 1.85. The van der Waals surface area contributed by atoms with Crippen molar-refractivity contribution in [1.82, 2.24) is 14.5 Å². The van der Waals surface area contributed by atoms with Crippen molar-refractivity contribution in [3.8, 4) is 0 Å². The molecule has 0 aliphatic carbocycles. The maximum atomic E-state index is 9.45. The third-order valence-corrected chi connectivity index (χ3v) is 3.65. The van der Waals surface area contributed by atoms with Gasteiger partial charge in [0.2, 0.25) is 0 Å². The number of benzene rings is 1. The largest absolute Gasteiger partial charge is 0.388 e. The van der Waals surface area contributed by atoms with Gasteiger partial charge in [0.25, 0.3) is 0 Å². The fraction of sp³-hybridized carbons (Fsp3) is 0.143. The molecular weight excluding hydrogens is 297 g/mol. The minimum Gasteiger partial charge on any atom is -0.388 e. The van der Waals surface area contributed by atoms with Gasteiger partial charge in [-0.1, -0.05) is 29.3 Å². The van der Waals surface area contributed by atoms with Gasteiger partial charge in [0.05, 0.1) is 6.54 Å². The standard InChI is InChI=1S/C14H11Cl2N3O/c15-10-4-3-9(11(16)6-10)7-19-13(8-20)18-12-2-1-5-17-14(12)19/h1-6,20H,7-8H2. The fourth-order valence-corrected chi connectivity index (χ4v) is 2.58. The Hall–Kier alpha value is -1.62. The van der Waals surface area contributed by atoms with Crippen LogP contribution in [0, 0.1) is 0 Å². The van der Waals surface area contributed by atoms with Crippen molar-refractivity contribution in [2.24, 2.45) is 0 Å². The van der Waals surface area contributed by atoms with Gasteiger partial charge in [0.15, 0.2) is 5.65 Å². The van der Waals surface area contributed by atoms with Crippen molar-refractivity contribution >= 4 is 34.4 Å². The van der Waals surface area contributed by atoms with Gasteiger partial charge in [0, 0.05) is 16.2 Å². The van der Waals surface area contributed by atoms with E-state index in [9.17, 15) is 5.11 Å². The molecule has 2 aromatic heterocycles. The molecule has 3 aromatic rings. The summed E-state index contributed by atoms with van der Waals surface area (Å²) in [5, 5.41) is 10.6. The number of halogens is 2. The minimum absolute atomic E-state index is 0.151. The number of imidazole rings is 1. The van der Waals surface area contributed by atoms with Crippen LogP contribution in [0.2, 0.25) is 10.0 Å². The van der Waals surface area contributed by atoms with Gasteiger partial charge in [-0.2, -0.15) is 0 Å². The van der Waals surface area contributed by atoms with Gasteiger partial charge >= 0.3 is 0 Å². The molecule has 6 heteroatoms. The molecule has 0 fully saturated rings. The molecule has 0 atom stereocenters. The number of hydrogen-bond acceptors (Lipinski definition) is 3. The average Bonchev–Trinajstić information content (AvgIpc) is 2.80. The highest BCUT2D eigenvalue weighted by Gasteiger charge is 2.12. The van der Waals surface area contributed by atoms with Crippen molar-refractivity contribution in [2.75, 3.05) is 0 Å². The number of hydrogen-bond donors (Lipinski definition) is 1. The molecule has 1 aromatic carbocycles. The van der Waals surface area contributed by atoms with Gasteiger partial charge in [-0.25, -0.2) is 9.97 Å². The van der Waals surface area contributed by atoms with Crippen LogP contribution < -0.4 is 0 Å². The molecule has 0 spiro atoms. The second kappa shape index (κ2) is 5.40. The monoisotopic (exact) mass is 307 g/mol. The van der Waals surface area contributed by atoms with Crippen LogP contribution in [0.5, 0.6) is 0 Å². The molecule has 2 heterocycles. The summed E-state index contributed by atoms with van der Waals surface area (Å²) in [5.41, 5.74) is 2.37. The Labute approximate surface area is 125 Å². The van der Waals surface area contributed by atoms with Crippen LogP contribution in [0.1, 0.15) is 11.4 Å². The predicted octanol–water partition coefficient (Wildman–Crippen LogP) is 3.28. The second-order valence-electron chi connectivity index (χ2n) is 4.35. The lowest BCUT2D eigenvalue weighted by Crippen LogP contribution is -2.06. The molecule has 0 saturated heterocycles. The van der Waals surface area contributed by atoms with Crippen LogP contribution in [-0.4, -0.2) is 19.6 Å². The zero-order chi connectivity index (χ0) is 14.1. The van der Waals surface area contributed by atoms with Gasteiger partial charge in [-0.3, -0.25) is 0 Å². The summed E-state index contributed by atoms with van der Waals surface area (Å²) >= 11 is 12.1. The molecular formula is C14H11Cl2N3O. The number of aromatic nitrogens is 3. The lowest BCUT2D eigenvalue weighted by molar-refractivity contribution is 0.267. The Morgan fingerprint density at radius 2 is 2.05 bits per heavy atom. The molecule has 1 N–H and O–H groups in total. The van der Waals surface area contributed by atoms with E-state index in [-0.39, 0.29) is 6.61 Å². The summed E-state index contributed by atoms with van der Waals surface area (Å²) in [5.74, 6) is 0.560. The number of nitrogens with zero attached hydrogens (tertiary/aromatic N) is 3. The first-order valence-electron chi connectivity index (χ1n) is 6.04. The number of aliphatic hydroxyl groups is 1. The zero-order valence-electron chi connectivity index (χ0n) is 10.4. The molecule has 0 aliphatic rings. The fourth-order valence-electron chi connectivity index (χ4n) is 2.11. The first-order chi connectivity index (χ1) is 9.69. The third-order valence-electron chi connectivity index (χ3n) is 3.07. The van der Waals surface area contributed by atoms with Crippen LogP contribution in [0.15, 0.2) is 36.5 Å². The van der Waals surface area contributed by atoms with E-state index in [2.05, 4.69) is 9.97 Å². The molecule has 4 nitrogen and oxygen atoms in total. The molecule has 20 heavy (non-hydrogen) atoms. The van der Waals surface area contributed by atoms with E-state index < -0.39 is 0 Å². The van der Waals surface area contributed by atoms with Crippen molar-refractivity contribution in [3.63, 3.8) is 0 Å². The summed E-state index contributed by atoms with van der Waals surface area (Å²) in [4.78, 5) is 8.67. The highest BCUT2D eigenvalue weighted by Crippen LogP contribution is 2.24. The van der Waals surface area contributed by atoms with Crippen LogP contribution in [0.4, 0.5) is 0 Å². The maximum absolute atomic E-state index is 9.45. The Balaban J connectivity index is 2.09. The van der Waals surface area contributed by atoms with Crippen molar-refractivity contribution < 1.29 is 5.11 Å². The number of aliphatic hydroxyl groups excluding tert-OH is 1. The maximum Gasteiger partial charge on any atom is 0.160 e. The van der Waals surface area contributed by atoms with E-state index >= 15 is 0 Å². The highest BCUT2D eigenvalue weighted by atomic mass is 35.5. The SMILES string of the molecule is OCc1nc2cccnc2n1Cc1ccc(Cl)cc1Cl. The van der Waals surface area contributed by atoms with E-state index in [1.807, 2.05) is 22.8 Å². The van der Waals surface area contributed by atoms with Crippen LogP contribution in [-0.2, 0) is 13.2 Å². The van der Waals surface area contributed by atoms with Crippen molar-refractivity contribution in [3.05, 3.63) is 58.0 Å². The van der Waals surface area contributed by atoms with Gasteiger partial charge < -0.3 is 9.67 Å². The van der Waals surface area contributed by atoms with Gasteiger partial charge in [0.1, 0.15) is 17.9 Å². The molecule has 0 amide bonds. The molecule has 0 aliphatic heterocycles. The molecule has 0 bridgehead atoms. The van der Waals surface area contributed by atoms with Crippen LogP contribution in [0.3, 0.4) is 0 Å². The Bertz CT molecular complexity index is 770. The van der Waals surface area contributed by atoms with Crippen molar-refractivity contribution in [1.29, 1.82) is 0 Å². The van der Waals surface area contributed by atoms with E-state index in [1.165, 1.54) is 0 Å². The van der Waals surface area contributed by atoms with E-state index in [0.29, 0.717) is 22.4 Å². The first-order valence-corrected chi connectivity index (χ1v) is 6.79. The van der Waals surface area contributed by atoms with Crippen LogP contribution in [0.25, 0.3) is 11.2 Å². The van der Waals surface area contributed by atoms with E-state index in [4.69, 9.17) is 23.2 Å². The summed E-state index contributed by atoms with van der Waals surface area (Å²) in [6, 6.07) is 9.02. The Morgan fingerprint density at radius 3 is 2.80 bits per heavy atom. The lowest BCUT2D eigenvalue weighted by atomic mass is 10.2.